The third-order valence-corrected chi connectivity index (χ3v) is 4.61. The molecule has 0 aliphatic carbocycles. The van der Waals surface area contributed by atoms with E-state index in [0.29, 0.717) is 12.0 Å². The van der Waals surface area contributed by atoms with Crippen LogP contribution < -0.4 is 5.73 Å². The van der Waals surface area contributed by atoms with E-state index in [4.69, 9.17) is 5.73 Å². The van der Waals surface area contributed by atoms with Gasteiger partial charge in [0.2, 0.25) is 0 Å². The topological polar surface area (TPSA) is 29.3 Å². The largest absolute Gasteiger partial charge is 0.330 e. The minimum absolute atomic E-state index is 0.593. The van der Waals surface area contributed by atoms with Crippen molar-refractivity contribution < 1.29 is 0 Å². The van der Waals surface area contributed by atoms with Gasteiger partial charge in [0.05, 0.1) is 0 Å². The summed E-state index contributed by atoms with van der Waals surface area (Å²) >= 11 is 1.91. The molecular formula is C13H22N2S. The third-order valence-electron chi connectivity index (χ3n) is 3.61. The summed E-state index contributed by atoms with van der Waals surface area (Å²) in [4.78, 5) is 4.20. The highest BCUT2D eigenvalue weighted by molar-refractivity contribution is 7.10. The van der Waals surface area contributed by atoms with E-state index >= 15 is 0 Å². The number of rotatable bonds is 4. The van der Waals surface area contributed by atoms with Crippen molar-refractivity contribution in [3.05, 3.63) is 21.9 Å². The molecule has 0 bridgehead atoms. The van der Waals surface area contributed by atoms with Gasteiger partial charge in [-0.05, 0) is 49.2 Å². The van der Waals surface area contributed by atoms with E-state index in [2.05, 4.69) is 30.2 Å². The number of hydrogen-bond donors (Lipinski definition) is 1. The van der Waals surface area contributed by atoms with Crippen LogP contribution in [0.5, 0.6) is 0 Å². The van der Waals surface area contributed by atoms with Crippen LogP contribution in [0.2, 0.25) is 0 Å². The molecule has 0 aromatic carbocycles. The van der Waals surface area contributed by atoms with E-state index in [0.717, 1.165) is 13.0 Å². The lowest BCUT2D eigenvalue weighted by molar-refractivity contribution is 0.171. The van der Waals surface area contributed by atoms with Crippen LogP contribution in [0, 0.1) is 5.92 Å². The predicted octanol–water partition coefficient (Wildman–Crippen LogP) is 2.65. The Morgan fingerprint density at radius 3 is 3.19 bits per heavy atom. The van der Waals surface area contributed by atoms with Gasteiger partial charge in [0.15, 0.2) is 0 Å². The molecule has 0 saturated heterocycles. The maximum absolute atomic E-state index is 5.61. The molecule has 16 heavy (non-hydrogen) atoms. The molecule has 90 valence electrons. The number of nitrogens with zero attached hydrogens (tertiary/aromatic N) is 1. The van der Waals surface area contributed by atoms with Gasteiger partial charge in [-0.15, -0.1) is 11.3 Å². The van der Waals surface area contributed by atoms with Crippen molar-refractivity contribution in [3.8, 4) is 0 Å². The molecule has 1 aliphatic rings. The zero-order valence-electron chi connectivity index (χ0n) is 10.3. The van der Waals surface area contributed by atoms with E-state index in [1.54, 1.807) is 10.4 Å². The summed E-state index contributed by atoms with van der Waals surface area (Å²) in [5.41, 5.74) is 7.16. The fourth-order valence-electron chi connectivity index (χ4n) is 2.59. The SMILES string of the molecule is CC(CCN)CN1CCc2sccc2C1C. The van der Waals surface area contributed by atoms with Crippen LogP contribution >= 0.6 is 11.3 Å². The molecule has 1 aromatic heterocycles. The summed E-state index contributed by atoms with van der Waals surface area (Å²) in [6, 6.07) is 2.89. The summed E-state index contributed by atoms with van der Waals surface area (Å²) in [6.45, 7) is 7.85. The maximum Gasteiger partial charge on any atom is 0.0331 e. The minimum Gasteiger partial charge on any atom is -0.330 e. The highest BCUT2D eigenvalue weighted by Gasteiger charge is 2.25. The van der Waals surface area contributed by atoms with Crippen molar-refractivity contribution in [2.45, 2.75) is 32.7 Å². The van der Waals surface area contributed by atoms with Crippen molar-refractivity contribution in [2.24, 2.45) is 11.7 Å². The van der Waals surface area contributed by atoms with E-state index in [9.17, 15) is 0 Å². The second kappa shape index (κ2) is 5.30. The van der Waals surface area contributed by atoms with E-state index in [1.165, 1.54) is 19.5 Å². The third kappa shape index (κ3) is 2.47. The molecule has 2 atom stereocenters. The summed E-state index contributed by atoms with van der Waals surface area (Å²) in [5, 5.41) is 2.23. The quantitative estimate of drug-likeness (QED) is 0.874. The van der Waals surface area contributed by atoms with Crippen LogP contribution in [-0.2, 0) is 6.42 Å². The molecular weight excluding hydrogens is 216 g/mol. The van der Waals surface area contributed by atoms with Crippen molar-refractivity contribution in [2.75, 3.05) is 19.6 Å². The van der Waals surface area contributed by atoms with Gasteiger partial charge < -0.3 is 5.73 Å². The molecule has 0 saturated carbocycles. The first-order valence-corrected chi connectivity index (χ1v) is 7.10. The van der Waals surface area contributed by atoms with Crippen LogP contribution in [0.25, 0.3) is 0 Å². The fourth-order valence-corrected chi connectivity index (χ4v) is 3.55. The fraction of sp³-hybridized carbons (Fsp3) is 0.692. The highest BCUT2D eigenvalue weighted by atomic mass is 32.1. The Balaban J connectivity index is 1.99. The molecule has 2 nitrogen and oxygen atoms in total. The molecule has 2 heterocycles. The summed E-state index contributed by atoms with van der Waals surface area (Å²) in [7, 11) is 0. The predicted molar refractivity (Wildman–Crippen MR) is 70.8 cm³/mol. The Kier molecular flexibility index (Phi) is 4.00. The van der Waals surface area contributed by atoms with Crippen LogP contribution in [0.4, 0.5) is 0 Å². The first-order valence-electron chi connectivity index (χ1n) is 6.22. The maximum atomic E-state index is 5.61. The van der Waals surface area contributed by atoms with Crippen LogP contribution in [-0.4, -0.2) is 24.5 Å². The zero-order valence-corrected chi connectivity index (χ0v) is 11.1. The minimum atomic E-state index is 0.593. The Bertz CT molecular complexity index is 334. The average molecular weight is 238 g/mol. The van der Waals surface area contributed by atoms with Crippen molar-refractivity contribution in [1.29, 1.82) is 0 Å². The highest BCUT2D eigenvalue weighted by Crippen LogP contribution is 2.33. The number of thiophene rings is 1. The Hall–Kier alpha value is -0.380. The Morgan fingerprint density at radius 2 is 2.44 bits per heavy atom. The van der Waals surface area contributed by atoms with Gasteiger partial charge in [0.1, 0.15) is 0 Å². The summed E-state index contributed by atoms with van der Waals surface area (Å²) < 4.78 is 0. The Morgan fingerprint density at radius 1 is 1.62 bits per heavy atom. The molecule has 3 heteroatoms. The van der Waals surface area contributed by atoms with E-state index in [-0.39, 0.29) is 0 Å². The van der Waals surface area contributed by atoms with E-state index in [1.807, 2.05) is 11.3 Å². The molecule has 1 aromatic rings. The molecule has 2 N–H and O–H groups in total. The molecule has 2 unspecified atom stereocenters. The van der Waals surface area contributed by atoms with Gasteiger partial charge in [-0.25, -0.2) is 0 Å². The average Bonchev–Trinajstić information content (AvgIpc) is 2.71. The monoisotopic (exact) mass is 238 g/mol. The second-order valence-corrected chi connectivity index (χ2v) is 5.90. The molecule has 1 aliphatic heterocycles. The lowest BCUT2D eigenvalue weighted by atomic mass is 9.99. The number of hydrogen-bond acceptors (Lipinski definition) is 3. The van der Waals surface area contributed by atoms with Crippen LogP contribution in [0.15, 0.2) is 11.4 Å². The first kappa shape index (κ1) is 12.1. The van der Waals surface area contributed by atoms with Crippen molar-refractivity contribution in [1.82, 2.24) is 4.90 Å². The lowest BCUT2D eigenvalue weighted by Crippen LogP contribution is -2.36. The van der Waals surface area contributed by atoms with Gasteiger partial charge >= 0.3 is 0 Å². The first-order chi connectivity index (χ1) is 7.72. The smallest absolute Gasteiger partial charge is 0.0331 e. The van der Waals surface area contributed by atoms with Gasteiger partial charge in [0.25, 0.3) is 0 Å². The lowest BCUT2D eigenvalue weighted by Gasteiger charge is -2.35. The van der Waals surface area contributed by atoms with Gasteiger partial charge in [-0.3, -0.25) is 4.90 Å². The van der Waals surface area contributed by atoms with E-state index < -0.39 is 0 Å². The number of nitrogens with two attached hydrogens (primary N) is 1. The Labute approximate surface area is 102 Å². The van der Waals surface area contributed by atoms with Crippen molar-refractivity contribution >= 4 is 11.3 Å². The van der Waals surface area contributed by atoms with Crippen LogP contribution in [0.3, 0.4) is 0 Å². The van der Waals surface area contributed by atoms with Gasteiger partial charge in [0, 0.05) is 24.0 Å². The zero-order chi connectivity index (χ0) is 11.5. The standard InChI is InChI=1S/C13H22N2S/c1-10(3-6-14)9-15-7-4-13-12(11(15)2)5-8-16-13/h5,8,10-11H,3-4,6-7,9,14H2,1-2H3. The van der Waals surface area contributed by atoms with Gasteiger partial charge in [-0.2, -0.15) is 0 Å². The summed E-state index contributed by atoms with van der Waals surface area (Å²) in [6.07, 6.45) is 2.37. The summed E-state index contributed by atoms with van der Waals surface area (Å²) in [5.74, 6) is 0.715. The molecule has 2 rings (SSSR count). The molecule has 0 fully saturated rings. The molecule has 0 radical (unpaired) electrons. The van der Waals surface area contributed by atoms with Crippen molar-refractivity contribution in [3.63, 3.8) is 0 Å². The normalized spacial score (nSPS) is 23.1. The number of fused-ring (bicyclic) bond motifs is 1. The molecule has 0 spiro atoms. The second-order valence-electron chi connectivity index (χ2n) is 4.90. The van der Waals surface area contributed by atoms with Crippen LogP contribution in [0.1, 0.15) is 36.8 Å². The van der Waals surface area contributed by atoms with Gasteiger partial charge in [-0.1, -0.05) is 6.92 Å². The molecule has 0 amide bonds.